The van der Waals surface area contributed by atoms with Crippen molar-refractivity contribution in [2.45, 2.75) is 13.0 Å². The highest BCUT2D eigenvalue weighted by molar-refractivity contribution is 6.57. The Morgan fingerprint density at radius 1 is 1.10 bits per heavy atom. The van der Waals surface area contributed by atoms with Crippen molar-refractivity contribution < 1.29 is 4.43 Å². The van der Waals surface area contributed by atoms with Crippen LogP contribution in [0, 0.1) is 12.3 Å². The van der Waals surface area contributed by atoms with Gasteiger partial charge in [-0.05, 0) is 23.2 Å². The molecule has 2 aromatic rings. The van der Waals surface area contributed by atoms with Gasteiger partial charge in [-0.2, -0.15) is 0 Å². The summed E-state index contributed by atoms with van der Waals surface area (Å²) in [6, 6.07) is 20.5. The van der Waals surface area contributed by atoms with E-state index in [0.29, 0.717) is 0 Å². The average molecular weight is 276 g/mol. The third-order valence-electron chi connectivity index (χ3n) is 2.78. The van der Waals surface area contributed by atoms with E-state index >= 15 is 0 Å². The molecule has 0 bridgehead atoms. The predicted octanol–water partition coefficient (Wildman–Crippen LogP) is 3.84. The van der Waals surface area contributed by atoms with Gasteiger partial charge in [0.1, 0.15) is 6.10 Å². The van der Waals surface area contributed by atoms with Gasteiger partial charge in [-0.25, -0.2) is 0 Å². The molecular weight excluding hydrogens is 260 g/mol. The maximum absolute atomic E-state index is 5.70. The number of benzene rings is 2. The molecule has 0 N–H and O–H groups in total. The van der Waals surface area contributed by atoms with Crippen LogP contribution in [0.5, 0.6) is 0 Å². The molecule has 0 saturated heterocycles. The van der Waals surface area contributed by atoms with E-state index in [0.717, 1.165) is 10.8 Å². The Bertz CT molecular complexity index is 596. The van der Waals surface area contributed by atoms with Crippen molar-refractivity contribution >= 4 is 21.0 Å². The van der Waals surface area contributed by atoms with Crippen LogP contribution in [0.4, 0.5) is 0 Å². The van der Waals surface area contributed by atoms with Crippen LogP contribution in [0.25, 0.3) is 11.3 Å². The molecule has 98 valence electrons. The molecule has 1 unspecified atom stereocenters. The third-order valence-corrected chi connectivity index (χ3v) is 3.90. The Labute approximate surface area is 123 Å². The molecule has 0 heterocycles. The number of rotatable bonds is 5. The predicted molar refractivity (Wildman–Crippen MR) is 85.9 cm³/mol. The van der Waals surface area contributed by atoms with Gasteiger partial charge in [0.25, 0.3) is 9.76 Å². The zero-order valence-electron chi connectivity index (χ0n) is 11.4. The molecule has 2 rings (SSSR count). The molecule has 0 saturated carbocycles. The summed E-state index contributed by atoms with van der Waals surface area (Å²) in [4.78, 5) is 0. The van der Waals surface area contributed by atoms with Crippen LogP contribution in [-0.4, -0.2) is 15.9 Å². The largest absolute Gasteiger partial charge is 0.398 e. The van der Waals surface area contributed by atoms with Gasteiger partial charge in [-0.15, -0.1) is 6.42 Å². The van der Waals surface area contributed by atoms with Crippen LogP contribution >= 0.6 is 0 Å². The zero-order chi connectivity index (χ0) is 14.2. The summed E-state index contributed by atoms with van der Waals surface area (Å²) in [6.45, 7) is 1.89. The van der Waals surface area contributed by atoms with Gasteiger partial charge in [-0.1, -0.05) is 72.7 Å². The highest BCUT2D eigenvalue weighted by Gasteiger charge is 2.07. The van der Waals surface area contributed by atoms with Crippen LogP contribution < -0.4 is 0 Å². The minimum atomic E-state index is -0.170. The quantitative estimate of drug-likeness (QED) is 0.458. The SMILES string of the molecule is C#CC(C)O[Si]/C(=C\c1ccccc1)c1ccccc1. The van der Waals surface area contributed by atoms with E-state index in [-0.39, 0.29) is 15.9 Å². The topological polar surface area (TPSA) is 9.23 Å². The molecule has 0 aromatic heterocycles. The van der Waals surface area contributed by atoms with Crippen molar-refractivity contribution in [3.63, 3.8) is 0 Å². The molecule has 1 atom stereocenters. The molecule has 20 heavy (non-hydrogen) atoms. The van der Waals surface area contributed by atoms with Gasteiger partial charge < -0.3 is 4.43 Å². The molecule has 2 heteroatoms. The Morgan fingerprint density at radius 3 is 2.30 bits per heavy atom. The van der Waals surface area contributed by atoms with Crippen LogP contribution in [0.2, 0.25) is 0 Å². The lowest BCUT2D eigenvalue weighted by Gasteiger charge is -2.10. The Kier molecular flexibility index (Phi) is 5.37. The summed E-state index contributed by atoms with van der Waals surface area (Å²) in [7, 11) is 0.232. The minimum Gasteiger partial charge on any atom is -0.398 e. The highest BCUT2D eigenvalue weighted by atomic mass is 28.2. The van der Waals surface area contributed by atoms with Crippen molar-refractivity contribution in [1.29, 1.82) is 0 Å². The molecule has 0 aliphatic rings. The number of terminal acetylenes is 1. The summed E-state index contributed by atoms with van der Waals surface area (Å²) in [6.07, 6.45) is 7.34. The first-order valence-electron chi connectivity index (χ1n) is 6.49. The van der Waals surface area contributed by atoms with Crippen LogP contribution in [0.15, 0.2) is 60.7 Å². The van der Waals surface area contributed by atoms with Gasteiger partial charge in [0.15, 0.2) is 0 Å². The van der Waals surface area contributed by atoms with Crippen molar-refractivity contribution in [2.24, 2.45) is 0 Å². The van der Waals surface area contributed by atoms with Crippen LogP contribution in [0.3, 0.4) is 0 Å². The lowest BCUT2D eigenvalue weighted by molar-refractivity contribution is 0.301. The Morgan fingerprint density at radius 2 is 1.70 bits per heavy atom. The summed E-state index contributed by atoms with van der Waals surface area (Å²) < 4.78 is 5.70. The average Bonchev–Trinajstić information content (AvgIpc) is 2.53. The molecule has 0 aliphatic carbocycles. The lowest BCUT2D eigenvalue weighted by atomic mass is 10.1. The van der Waals surface area contributed by atoms with E-state index in [1.54, 1.807) is 0 Å². The molecule has 2 aromatic carbocycles. The van der Waals surface area contributed by atoms with Crippen LogP contribution in [-0.2, 0) is 4.43 Å². The molecule has 0 fully saturated rings. The van der Waals surface area contributed by atoms with Crippen molar-refractivity contribution in [3.05, 3.63) is 71.8 Å². The first-order chi connectivity index (χ1) is 9.79. The van der Waals surface area contributed by atoms with E-state index in [2.05, 4.69) is 36.3 Å². The monoisotopic (exact) mass is 276 g/mol. The lowest BCUT2D eigenvalue weighted by Crippen LogP contribution is -2.10. The van der Waals surface area contributed by atoms with E-state index < -0.39 is 0 Å². The van der Waals surface area contributed by atoms with Crippen molar-refractivity contribution in [1.82, 2.24) is 0 Å². The summed E-state index contributed by atoms with van der Waals surface area (Å²) in [5, 5.41) is 1.15. The first-order valence-corrected chi connectivity index (χ1v) is 7.40. The Hall–Kier alpha value is -2.08. The van der Waals surface area contributed by atoms with Crippen molar-refractivity contribution in [2.75, 3.05) is 0 Å². The van der Waals surface area contributed by atoms with Gasteiger partial charge in [0, 0.05) is 0 Å². The van der Waals surface area contributed by atoms with Gasteiger partial charge in [0.05, 0.1) is 0 Å². The molecule has 1 nitrogen and oxygen atoms in total. The minimum absolute atomic E-state index is 0.170. The Balaban J connectivity index is 2.25. The summed E-state index contributed by atoms with van der Waals surface area (Å²) in [5.74, 6) is 2.59. The van der Waals surface area contributed by atoms with Gasteiger partial charge in [0.2, 0.25) is 0 Å². The fourth-order valence-corrected chi connectivity index (χ4v) is 2.57. The maximum atomic E-state index is 5.70. The molecule has 2 radical (unpaired) electrons. The second kappa shape index (κ2) is 7.49. The zero-order valence-corrected chi connectivity index (χ0v) is 12.4. The fraction of sp³-hybridized carbons (Fsp3) is 0.111. The standard InChI is InChI=1S/C18H16OSi/c1-3-15(2)19-20-18(17-12-8-5-9-13-17)14-16-10-6-4-7-11-16/h1,4-15H,2H3/b18-14-. The number of hydrogen-bond donors (Lipinski definition) is 0. The molecule has 0 spiro atoms. The summed E-state index contributed by atoms with van der Waals surface area (Å²) in [5.41, 5.74) is 2.33. The highest BCUT2D eigenvalue weighted by Crippen LogP contribution is 2.17. The summed E-state index contributed by atoms with van der Waals surface area (Å²) >= 11 is 0. The molecule has 0 amide bonds. The third kappa shape index (κ3) is 4.24. The van der Waals surface area contributed by atoms with E-state index in [9.17, 15) is 0 Å². The second-order valence-corrected chi connectivity index (χ2v) is 5.34. The van der Waals surface area contributed by atoms with E-state index in [1.807, 2.05) is 43.3 Å². The van der Waals surface area contributed by atoms with Crippen LogP contribution in [0.1, 0.15) is 18.1 Å². The molecular formula is C18H16OSi. The normalized spacial score (nSPS) is 12.7. The fourth-order valence-electron chi connectivity index (χ4n) is 1.69. The molecule has 0 aliphatic heterocycles. The van der Waals surface area contributed by atoms with Gasteiger partial charge >= 0.3 is 0 Å². The van der Waals surface area contributed by atoms with Gasteiger partial charge in [-0.3, -0.25) is 0 Å². The van der Waals surface area contributed by atoms with E-state index in [1.165, 1.54) is 5.56 Å². The maximum Gasteiger partial charge on any atom is 0.271 e. The second-order valence-electron chi connectivity index (χ2n) is 4.36. The van der Waals surface area contributed by atoms with Crippen molar-refractivity contribution in [3.8, 4) is 12.3 Å². The van der Waals surface area contributed by atoms with E-state index in [4.69, 9.17) is 10.8 Å². The first kappa shape index (κ1) is 14.3. The smallest absolute Gasteiger partial charge is 0.271 e. The number of hydrogen-bond acceptors (Lipinski definition) is 1.